The molecule has 1 heterocycles. The van der Waals surface area contributed by atoms with Gasteiger partial charge in [0.05, 0.1) is 10.6 Å². The van der Waals surface area contributed by atoms with E-state index >= 15 is 0 Å². The van der Waals surface area contributed by atoms with Crippen molar-refractivity contribution in [3.63, 3.8) is 0 Å². The zero-order valence-corrected chi connectivity index (χ0v) is 9.41. The van der Waals surface area contributed by atoms with Gasteiger partial charge in [0.25, 0.3) is 5.69 Å². The van der Waals surface area contributed by atoms with Gasteiger partial charge >= 0.3 is 0 Å². The van der Waals surface area contributed by atoms with Crippen molar-refractivity contribution in [2.45, 2.75) is 13.8 Å². The predicted molar refractivity (Wildman–Crippen MR) is 61.9 cm³/mol. The van der Waals surface area contributed by atoms with Crippen LogP contribution in [0.3, 0.4) is 0 Å². The van der Waals surface area contributed by atoms with Crippen LogP contribution in [0.15, 0.2) is 18.2 Å². The number of nitro groups is 1. The normalized spacial score (nSPS) is 10.5. The minimum absolute atomic E-state index is 0.0244. The Morgan fingerprint density at radius 2 is 2.12 bits per heavy atom. The minimum Gasteiger partial charge on any atom is -0.381 e. The number of benzene rings is 1. The van der Waals surface area contributed by atoms with E-state index in [1.807, 2.05) is 6.92 Å². The van der Waals surface area contributed by atoms with Crippen LogP contribution in [0.1, 0.15) is 11.3 Å². The van der Waals surface area contributed by atoms with Crippen LogP contribution in [0.4, 0.5) is 11.5 Å². The summed E-state index contributed by atoms with van der Waals surface area (Å²) in [7, 11) is 0. The Kier molecular flexibility index (Phi) is 2.51. The van der Waals surface area contributed by atoms with Crippen molar-refractivity contribution < 1.29 is 4.92 Å². The molecule has 2 aromatic rings. The Morgan fingerprint density at radius 1 is 1.41 bits per heavy atom. The highest BCUT2D eigenvalue weighted by molar-refractivity contribution is 5.55. The van der Waals surface area contributed by atoms with Crippen LogP contribution in [-0.2, 0) is 0 Å². The van der Waals surface area contributed by atoms with Gasteiger partial charge in [-0.2, -0.15) is 0 Å². The Hall–Kier alpha value is -2.44. The number of hydrogen-bond acceptors (Lipinski definition) is 5. The maximum Gasteiger partial charge on any atom is 0.294 e. The van der Waals surface area contributed by atoms with Gasteiger partial charge in [-0.25, -0.2) is 4.68 Å². The third-order valence-corrected chi connectivity index (χ3v) is 2.49. The Labute approximate surface area is 97.0 Å². The van der Waals surface area contributed by atoms with Crippen molar-refractivity contribution in [1.82, 2.24) is 15.0 Å². The first-order valence-corrected chi connectivity index (χ1v) is 4.94. The number of aromatic nitrogens is 3. The minimum atomic E-state index is -0.452. The van der Waals surface area contributed by atoms with Gasteiger partial charge in [-0.1, -0.05) is 11.3 Å². The summed E-state index contributed by atoms with van der Waals surface area (Å²) in [6.07, 6.45) is 0. The second-order valence-electron chi connectivity index (χ2n) is 3.72. The summed E-state index contributed by atoms with van der Waals surface area (Å²) in [5, 5.41) is 18.4. The molecule has 0 saturated heterocycles. The largest absolute Gasteiger partial charge is 0.381 e. The lowest BCUT2D eigenvalue weighted by molar-refractivity contribution is -0.384. The van der Waals surface area contributed by atoms with Crippen molar-refractivity contribution in [2.75, 3.05) is 5.73 Å². The average Bonchev–Trinajstić information content (AvgIpc) is 2.59. The summed E-state index contributed by atoms with van der Waals surface area (Å²) in [5.74, 6) is 0.265. The first kappa shape index (κ1) is 11.1. The monoisotopic (exact) mass is 233 g/mol. The highest BCUT2D eigenvalue weighted by Gasteiger charge is 2.18. The van der Waals surface area contributed by atoms with E-state index in [4.69, 9.17) is 5.73 Å². The molecule has 7 nitrogen and oxygen atoms in total. The molecule has 0 spiro atoms. The number of nitrogen functional groups attached to an aromatic ring is 1. The van der Waals surface area contributed by atoms with Crippen LogP contribution in [0, 0.1) is 24.0 Å². The van der Waals surface area contributed by atoms with Crippen molar-refractivity contribution in [1.29, 1.82) is 0 Å². The lowest BCUT2D eigenvalue weighted by Gasteiger charge is -2.05. The van der Waals surface area contributed by atoms with Gasteiger partial charge in [0.15, 0.2) is 5.82 Å². The zero-order chi connectivity index (χ0) is 12.6. The molecule has 17 heavy (non-hydrogen) atoms. The highest BCUT2D eigenvalue weighted by Crippen LogP contribution is 2.25. The van der Waals surface area contributed by atoms with E-state index < -0.39 is 4.92 Å². The van der Waals surface area contributed by atoms with Crippen LogP contribution >= 0.6 is 0 Å². The standard InChI is InChI=1S/C10H11N5O2/c1-6-3-4-8(15(16)17)9(5-6)14-7(2)10(11)12-13-14/h3-5H,11H2,1-2H3. The third-order valence-electron chi connectivity index (χ3n) is 2.49. The molecular formula is C10H11N5O2. The summed E-state index contributed by atoms with van der Waals surface area (Å²) in [6, 6.07) is 4.80. The SMILES string of the molecule is Cc1ccc([N+](=O)[O-])c(-n2nnc(N)c2C)c1. The number of nitro benzene ring substituents is 1. The summed E-state index contributed by atoms with van der Waals surface area (Å²) in [4.78, 5) is 10.5. The first-order valence-electron chi connectivity index (χ1n) is 4.94. The van der Waals surface area contributed by atoms with Gasteiger partial charge in [-0.05, 0) is 25.5 Å². The number of rotatable bonds is 2. The van der Waals surface area contributed by atoms with Crippen LogP contribution in [0.5, 0.6) is 0 Å². The molecule has 7 heteroatoms. The van der Waals surface area contributed by atoms with E-state index in [-0.39, 0.29) is 11.5 Å². The van der Waals surface area contributed by atoms with Gasteiger partial charge in [-0.3, -0.25) is 10.1 Å². The van der Waals surface area contributed by atoms with Crippen LogP contribution < -0.4 is 5.73 Å². The van der Waals surface area contributed by atoms with Crippen molar-refractivity contribution >= 4 is 11.5 Å². The molecule has 0 aliphatic carbocycles. The molecule has 0 amide bonds. The van der Waals surface area contributed by atoms with E-state index in [1.54, 1.807) is 19.1 Å². The molecule has 2 rings (SSSR count). The topological polar surface area (TPSA) is 99.9 Å². The average molecular weight is 233 g/mol. The number of hydrogen-bond donors (Lipinski definition) is 1. The number of aryl methyl sites for hydroxylation is 1. The van der Waals surface area contributed by atoms with Crippen molar-refractivity contribution in [2.24, 2.45) is 0 Å². The maximum atomic E-state index is 10.9. The van der Waals surface area contributed by atoms with Crippen LogP contribution in [0.2, 0.25) is 0 Å². The molecular weight excluding hydrogens is 222 g/mol. The fourth-order valence-electron chi connectivity index (χ4n) is 1.53. The van der Waals surface area contributed by atoms with Gasteiger partial charge < -0.3 is 5.73 Å². The number of nitrogens with two attached hydrogens (primary N) is 1. The molecule has 1 aromatic heterocycles. The molecule has 0 radical (unpaired) electrons. The zero-order valence-electron chi connectivity index (χ0n) is 9.41. The Morgan fingerprint density at radius 3 is 2.65 bits per heavy atom. The van der Waals surface area contributed by atoms with Gasteiger partial charge in [0, 0.05) is 6.07 Å². The molecule has 0 aliphatic heterocycles. The maximum absolute atomic E-state index is 10.9. The number of nitrogens with zero attached hydrogens (tertiary/aromatic N) is 4. The molecule has 0 fully saturated rings. The Bertz CT molecular complexity index is 590. The third kappa shape index (κ3) is 1.82. The predicted octanol–water partition coefficient (Wildman–Crippen LogP) is 1.37. The van der Waals surface area contributed by atoms with Crippen molar-refractivity contribution in [3.8, 4) is 5.69 Å². The second-order valence-corrected chi connectivity index (χ2v) is 3.72. The van der Waals surface area contributed by atoms with E-state index in [0.29, 0.717) is 11.4 Å². The summed E-state index contributed by atoms with van der Waals surface area (Å²) < 4.78 is 1.38. The molecule has 0 aliphatic rings. The molecule has 0 atom stereocenters. The lowest BCUT2D eigenvalue weighted by atomic mass is 10.2. The van der Waals surface area contributed by atoms with Crippen LogP contribution in [-0.4, -0.2) is 19.9 Å². The molecule has 0 saturated carbocycles. The van der Waals surface area contributed by atoms with E-state index in [0.717, 1.165) is 5.56 Å². The highest BCUT2D eigenvalue weighted by atomic mass is 16.6. The quantitative estimate of drug-likeness (QED) is 0.623. The van der Waals surface area contributed by atoms with Crippen LogP contribution in [0.25, 0.3) is 5.69 Å². The Balaban J connectivity index is 2.69. The van der Waals surface area contributed by atoms with E-state index in [9.17, 15) is 10.1 Å². The summed E-state index contributed by atoms with van der Waals surface area (Å²) in [5.41, 5.74) is 7.41. The molecule has 2 N–H and O–H groups in total. The van der Waals surface area contributed by atoms with Crippen molar-refractivity contribution in [3.05, 3.63) is 39.6 Å². The fourth-order valence-corrected chi connectivity index (χ4v) is 1.53. The number of anilines is 1. The van der Waals surface area contributed by atoms with Gasteiger partial charge in [-0.15, -0.1) is 5.10 Å². The fraction of sp³-hybridized carbons (Fsp3) is 0.200. The molecule has 1 aromatic carbocycles. The van der Waals surface area contributed by atoms with E-state index in [2.05, 4.69) is 10.3 Å². The summed E-state index contributed by atoms with van der Waals surface area (Å²) in [6.45, 7) is 3.56. The molecule has 0 bridgehead atoms. The molecule has 88 valence electrons. The van der Waals surface area contributed by atoms with E-state index in [1.165, 1.54) is 10.7 Å². The lowest BCUT2D eigenvalue weighted by Crippen LogP contribution is -2.04. The smallest absolute Gasteiger partial charge is 0.294 e. The summed E-state index contributed by atoms with van der Waals surface area (Å²) >= 11 is 0. The first-order chi connectivity index (χ1) is 8.00. The van der Waals surface area contributed by atoms with Gasteiger partial charge in [0.2, 0.25) is 0 Å². The second kappa shape index (κ2) is 3.85. The van der Waals surface area contributed by atoms with Gasteiger partial charge in [0.1, 0.15) is 5.69 Å². The molecule has 0 unspecified atom stereocenters.